The largest absolute Gasteiger partial charge is 0.383 e. The first-order chi connectivity index (χ1) is 15.8. The molecule has 1 amide bonds. The van der Waals surface area contributed by atoms with E-state index in [1.54, 1.807) is 7.05 Å². The van der Waals surface area contributed by atoms with Gasteiger partial charge in [0, 0.05) is 40.2 Å². The van der Waals surface area contributed by atoms with Crippen LogP contribution in [0, 0.1) is 0 Å². The van der Waals surface area contributed by atoms with Crippen LogP contribution in [0.1, 0.15) is 26.2 Å². The summed E-state index contributed by atoms with van der Waals surface area (Å²) < 4.78 is 9.13. The van der Waals surface area contributed by atoms with Crippen molar-refractivity contribution in [2.45, 2.75) is 39.3 Å². The zero-order valence-corrected chi connectivity index (χ0v) is 18.9. The second-order valence-corrected chi connectivity index (χ2v) is 7.54. The van der Waals surface area contributed by atoms with Crippen LogP contribution in [0.4, 0.5) is 11.5 Å². The Morgan fingerprint density at radius 3 is 2.73 bits per heavy atom. The van der Waals surface area contributed by atoms with E-state index in [0.717, 1.165) is 6.42 Å². The summed E-state index contributed by atoms with van der Waals surface area (Å²) in [6.07, 6.45) is 4.16. The maximum Gasteiger partial charge on any atom is 0.330 e. The SMILES string of the molecule is CCCCn1c(N)c(N(CCOC)C(=O)CCn2cnc3c(cnn3C)c2=O)c(=O)[nH]c1=O. The average Bonchev–Trinajstić information content (AvgIpc) is 3.16. The van der Waals surface area contributed by atoms with Gasteiger partial charge in [0.25, 0.3) is 11.1 Å². The third-order valence-electron chi connectivity index (χ3n) is 5.32. The lowest BCUT2D eigenvalue weighted by molar-refractivity contribution is -0.119. The van der Waals surface area contributed by atoms with Crippen LogP contribution >= 0.6 is 0 Å². The van der Waals surface area contributed by atoms with Crippen molar-refractivity contribution in [3.63, 3.8) is 0 Å². The monoisotopic (exact) mass is 460 g/mol. The molecule has 0 aliphatic heterocycles. The summed E-state index contributed by atoms with van der Waals surface area (Å²) >= 11 is 0. The summed E-state index contributed by atoms with van der Waals surface area (Å²) in [4.78, 5) is 58.3. The van der Waals surface area contributed by atoms with Crippen LogP contribution in [0.15, 0.2) is 26.9 Å². The van der Waals surface area contributed by atoms with Gasteiger partial charge in [-0.25, -0.2) is 9.78 Å². The van der Waals surface area contributed by atoms with Gasteiger partial charge in [0.15, 0.2) is 11.3 Å². The summed E-state index contributed by atoms with van der Waals surface area (Å²) in [5, 5.41) is 4.36. The van der Waals surface area contributed by atoms with Crippen LogP contribution in [0.5, 0.6) is 0 Å². The van der Waals surface area contributed by atoms with Crippen molar-refractivity contribution in [2.24, 2.45) is 7.05 Å². The Morgan fingerprint density at radius 1 is 1.27 bits per heavy atom. The van der Waals surface area contributed by atoms with Crippen LogP contribution in [-0.2, 0) is 29.7 Å². The summed E-state index contributed by atoms with van der Waals surface area (Å²) in [5.41, 5.74) is 4.79. The maximum atomic E-state index is 13.1. The topological polar surface area (TPSA) is 163 Å². The minimum Gasteiger partial charge on any atom is -0.383 e. The average molecular weight is 460 g/mol. The molecule has 0 saturated carbocycles. The van der Waals surface area contributed by atoms with Crippen LogP contribution in [0.2, 0.25) is 0 Å². The van der Waals surface area contributed by atoms with Gasteiger partial charge in [-0.1, -0.05) is 13.3 Å². The minimum absolute atomic E-state index is 0.0340. The third kappa shape index (κ3) is 4.87. The van der Waals surface area contributed by atoms with E-state index < -0.39 is 17.2 Å². The molecule has 0 saturated heterocycles. The molecule has 3 rings (SSSR count). The second kappa shape index (κ2) is 10.3. The minimum atomic E-state index is -0.759. The maximum absolute atomic E-state index is 13.1. The Kier molecular flexibility index (Phi) is 7.43. The van der Waals surface area contributed by atoms with Crippen molar-refractivity contribution in [1.29, 1.82) is 0 Å². The molecule has 33 heavy (non-hydrogen) atoms. The van der Waals surface area contributed by atoms with E-state index in [2.05, 4.69) is 15.1 Å². The predicted molar refractivity (Wildman–Crippen MR) is 122 cm³/mol. The highest BCUT2D eigenvalue weighted by Gasteiger charge is 2.24. The summed E-state index contributed by atoms with van der Waals surface area (Å²) in [6.45, 7) is 2.49. The van der Waals surface area contributed by atoms with E-state index in [9.17, 15) is 19.2 Å². The number of anilines is 2. The number of aryl methyl sites for hydroxylation is 2. The van der Waals surface area contributed by atoms with Crippen molar-refractivity contribution in [3.05, 3.63) is 43.7 Å². The molecule has 3 aromatic heterocycles. The van der Waals surface area contributed by atoms with Gasteiger partial charge in [0.2, 0.25) is 5.91 Å². The molecular weight excluding hydrogens is 432 g/mol. The van der Waals surface area contributed by atoms with Gasteiger partial charge in [0.1, 0.15) is 11.2 Å². The van der Waals surface area contributed by atoms with Gasteiger partial charge >= 0.3 is 5.69 Å². The molecule has 178 valence electrons. The van der Waals surface area contributed by atoms with E-state index in [1.807, 2.05) is 6.92 Å². The van der Waals surface area contributed by atoms with Crippen molar-refractivity contribution in [1.82, 2.24) is 28.9 Å². The Balaban J connectivity index is 1.91. The predicted octanol–water partition coefficient (Wildman–Crippen LogP) is -0.568. The highest BCUT2D eigenvalue weighted by atomic mass is 16.5. The van der Waals surface area contributed by atoms with Gasteiger partial charge in [-0.05, 0) is 6.42 Å². The van der Waals surface area contributed by atoms with E-state index >= 15 is 0 Å². The third-order valence-corrected chi connectivity index (χ3v) is 5.32. The Hall–Kier alpha value is -3.74. The summed E-state index contributed by atoms with van der Waals surface area (Å²) in [7, 11) is 3.14. The number of hydrogen-bond acceptors (Lipinski definition) is 8. The number of carbonyl (C=O) groups is 1. The molecule has 0 atom stereocenters. The molecule has 0 bridgehead atoms. The molecule has 3 aromatic rings. The van der Waals surface area contributed by atoms with Crippen molar-refractivity contribution < 1.29 is 9.53 Å². The lowest BCUT2D eigenvalue weighted by Crippen LogP contribution is -2.43. The van der Waals surface area contributed by atoms with Gasteiger partial charge in [-0.3, -0.25) is 33.2 Å². The number of amides is 1. The molecule has 13 nitrogen and oxygen atoms in total. The fraction of sp³-hybridized carbons (Fsp3) is 0.500. The molecule has 0 aliphatic carbocycles. The molecule has 0 unspecified atom stereocenters. The van der Waals surface area contributed by atoms with Gasteiger partial charge < -0.3 is 15.4 Å². The fourth-order valence-corrected chi connectivity index (χ4v) is 3.50. The van der Waals surface area contributed by atoms with Crippen molar-refractivity contribution in [2.75, 3.05) is 30.9 Å². The van der Waals surface area contributed by atoms with Gasteiger partial charge in [-0.2, -0.15) is 5.10 Å². The van der Waals surface area contributed by atoms with Crippen LogP contribution in [0.3, 0.4) is 0 Å². The number of rotatable bonds is 10. The van der Waals surface area contributed by atoms with E-state index in [4.69, 9.17) is 10.5 Å². The Labute approximate surface area is 188 Å². The number of aromatic amines is 1. The number of hydrogen-bond donors (Lipinski definition) is 2. The number of unbranched alkanes of at least 4 members (excludes halogenated alkanes) is 1. The highest BCUT2D eigenvalue weighted by molar-refractivity contribution is 5.95. The first kappa shape index (κ1) is 23.9. The molecule has 0 aromatic carbocycles. The Bertz CT molecular complexity index is 1320. The van der Waals surface area contributed by atoms with E-state index in [0.29, 0.717) is 24.0 Å². The second-order valence-electron chi connectivity index (χ2n) is 7.54. The Morgan fingerprint density at radius 2 is 2.03 bits per heavy atom. The van der Waals surface area contributed by atoms with Crippen LogP contribution in [0.25, 0.3) is 11.0 Å². The number of nitrogens with two attached hydrogens (primary N) is 1. The normalized spacial score (nSPS) is 11.2. The molecule has 0 fully saturated rings. The zero-order chi connectivity index (χ0) is 24.1. The molecule has 0 aliphatic rings. The van der Waals surface area contributed by atoms with Crippen LogP contribution < -0.4 is 27.4 Å². The number of ether oxygens (including phenoxy) is 1. The number of fused-ring (bicyclic) bond motifs is 1. The van der Waals surface area contributed by atoms with Crippen molar-refractivity contribution in [3.8, 4) is 0 Å². The molecule has 3 N–H and O–H groups in total. The zero-order valence-electron chi connectivity index (χ0n) is 18.9. The number of methoxy groups -OCH3 is 1. The van der Waals surface area contributed by atoms with E-state index in [1.165, 1.54) is 38.3 Å². The molecule has 0 spiro atoms. The molecular formula is C20H28N8O5. The van der Waals surface area contributed by atoms with Gasteiger partial charge in [0.05, 0.1) is 19.1 Å². The fourth-order valence-electron chi connectivity index (χ4n) is 3.50. The van der Waals surface area contributed by atoms with Crippen LogP contribution in [-0.4, -0.2) is 55.1 Å². The number of nitrogens with zero attached hydrogens (tertiary/aromatic N) is 6. The quantitative estimate of drug-likeness (QED) is 0.406. The van der Waals surface area contributed by atoms with E-state index in [-0.39, 0.29) is 43.2 Å². The molecule has 3 heterocycles. The number of carbonyl (C=O) groups excluding carboxylic acids is 1. The summed E-state index contributed by atoms with van der Waals surface area (Å²) in [6, 6.07) is 0. The number of H-pyrrole nitrogens is 1. The molecule has 13 heteroatoms. The number of nitrogens with one attached hydrogen (secondary N) is 1. The lowest BCUT2D eigenvalue weighted by atomic mass is 10.2. The number of nitrogen functional groups attached to an aromatic ring is 1. The lowest BCUT2D eigenvalue weighted by Gasteiger charge is -2.24. The smallest absolute Gasteiger partial charge is 0.330 e. The summed E-state index contributed by atoms with van der Waals surface area (Å²) in [5.74, 6) is -0.541. The first-order valence-electron chi connectivity index (χ1n) is 10.6. The first-order valence-corrected chi connectivity index (χ1v) is 10.6. The standard InChI is InChI=1S/C20H28N8O5/c1-4-5-7-28-16(21)15(18(30)24-20(28)32)27(9-10-33-3)14(29)6-8-26-12-22-17-13(19(26)31)11-23-25(17)2/h11-12H,4-10,21H2,1-3H3,(H,24,30,32). The van der Waals surface area contributed by atoms with Gasteiger partial charge in [-0.15, -0.1) is 0 Å². The highest BCUT2D eigenvalue weighted by Crippen LogP contribution is 2.18. The van der Waals surface area contributed by atoms with Crippen molar-refractivity contribution >= 4 is 28.4 Å². The number of aromatic nitrogens is 6. The molecule has 0 radical (unpaired) electrons.